The normalized spacial score (nSPS) is 23.6. The molecule has 0 spiro atoms. The van der Waals surface area contributed by atoms with Crippen LogP contribution in [0.15, 0.2) is 42.7 Å². The number of nitrogens with zero attached hydrogens (tertiary/aromatic N) is 3. The smallest absolute Gasteiger partial charge is 0.228 e. The zero-order valence-electron chi connectivity index (χ0n) is 13.5. The molecule has 4 rings (SSSR count). The predicted octanol–water partition coefficient (Wildman–Crippen LogP) is 1.71. The van der Waals surface area contributed by atoms with Crippen LogP contribution in [0.4, 0.5) is 0 Å². The van der Waals surface area contributed by atoms with Crippen molar-refractivity contribution in [1.82, 2.24) is 14.5 Å². The number of fused-ring (bicyclic) bond motifs is 1. The minimum atomic E-state index is -0.125. The SMILES string of the molecule is O=C([C@H]1CCOC1)N1Cc2cccn2C[C@H](Oc2ccccn2)C1. The molecule has 2 aromatic rings. The van der Waals surface area contributed by atoms with E-state index in [1.54, 1.807) is 6.20 Å². The molecule has 0 bridgehead atoms. The van der Waals surface area contributed by atoms with Crippen molar-refractivity contribution in [3.8, 4) is 5.88 Å². The van der Waals surface area contributed by atoms with Gasteiger partial charge in [0, 0.05) is 30.8 Å². The van der Waals surface area contributed by atoms with Gasteiger partial charge in [0.25, 0.3) is 0 Å². The minimum Gasteiger partial charge on any atom is -0.471 e. The highest BCUT2D eigenvalue weighted by Gasteiger charge is 2.32. The summed E-state index contributed by atoms with van der Waals surface area (Å²) in [5, 5.41) is 0. The predicted molar refractivity (Wildman–Crippen MR) is 87.4 cm³/mol. The molecule has 1 saturated heterocycles. The van der Waals surface area contributed by atoms with Crippen molar-refractivity contribution < 1.29 is 14.3 Å². The molecule has 2 aliphatic rings. The first-order valence-electron chi connectivity index (χ1n) is 8.38. The monoisotopic (exact) mass is 327 g/mol. The molecular weight excluding hydrogens is 306 g/mol. The fourth-order valence-electron chi connectivity index (χ4n) is 3.37. The summed E-state index contributed by atoms with van der Waals surface area (Å²) >= 11 is 0. The van der Waals surface area contributed by atoms with E-state index in [0.717, 1.165) is 12.1 Å². The van der Waals surface area contributed by atoms with Crippen molar-refractivity contribution in [2.75, 3.05) is 19.8 Å². The Kier molecular flexibility index (Phi) is 4.21. The summed E-state index contributed by atoms with van der Waals surface area (Å²) in [6, 6.07) is 9.69. The molecule has 0 radical (unpaired) electrons. The lowest BCUT2D eigenvalue weighted by Gasteiger charge is -2.26. The third-order valence-electron chi connectivity index (χ3n) is 4.62. The van der Waals surface area contributed by atoms with Crippen LogP contribution in [0.5, 0.6) is 5.88 Å². The largest absolute Gasteiger partial charge is 0.471 e. The highest BCUT2D eigenvalue weighted by molar-refractivity contribution is 5.79. The van der Waals surface area contributed by atoms with E-state index in [0.29, 0.717) is 38.7 Å². The quantitative estimate of drug-likeness (QED) is 0.861. The van der Waals surface area contributed by atoms with Crippen LogP contribution in [-0.2, 0) is 22.6 Å². The maximum absolute atomic E-state index is 12.8. The van der Waals surface area contributed by atoms with Gasteiger partial charge in [0.05, 0.1) is 32.2 Å². The van der Waals surface area contributed by atoms with E-state index in [1.807, 2.05) is 35.4 Å². The maximum atomic E-state index is 12.8. The Hall–Kier alpha value is -2.34. The van der Waals surface area contributed by atoms with Crippen LogP contribution in [0.1, 0.15) is 12.1 Å². The Bertz CT molecular complexity index is 695. The van der Waals surface area contributed by atoms with Crippen molar-refractivity contribution in [2.24, 2.45) is 5.92 Å². The number of carbonyl (C=O) groups is 1. The zero-order valence-corrected chi connectivity index (χ0v) is 13.5. The fraction of sp³-hybridized carbons (Fsp3) is 0.444. The Morgan fingerprint density at radius 1 is 1.25 bits per heavy atom. The van der Waals surface area contributed by atoms with Crippen molar-refractivity contribution in [3.63, 3.8) is 0 Å². The summed E-state index contributed by atoms with van der Waals surface area (Å²) in [6.45, 7) is 3.10. The number of rotatable bonds is 3. The van der Waals surface area contributed by atoms with Crippen LogP contribution < -0.4 is 4.74 Å². The van der Waals surface area contributed by atoms with Gasteiger partial charge in [-0.15, -0.1) is 0 Å². The topological polar surface area (TPSA) is 56.6 Å². The number of hydrogen-bond acceptors (Lipinski definition) is 4. The number of ether oxygens (including phenoxy) is 2. The Labute approximate surface area is 141 Å². The third kappa shape index (κ3) is 3.14. The molecule has 0 saturated carbocycles. The van der Waals surface area contributed by atoms with E-state index >= 15 is 0 Å². The average Bonchev–Trinajstić information content (AvgIpc) is 3.24. The Balaban J connectivity index is 1.55. The van der Waals surface area contributed by atoms with Gasteiger partial charge in [0.15, 0.2) is 0 Å². The lowest BCUT2D eigenvalue weighted by Crippen LogP contribution is -2.41. The van der Waals surface area contributed by atoms with E-state index in [1.165, 1.54) is 0 Å². The molecule has 24 heavy (non-hydrogen) atoms. The van der Waals surface area contributed by atoms with Gasteiger partial charge in [-0.3, -0.25) is 4.79 Å². The van der Waals surface area contributed by atoms with Gasteiger partial charge in [-0.2, -0.15) is 0 Å². The highest BCUT2D eigenvalue weighted by Crippen LogP contribution is 2.22. The lowest BCUT2D eigenvalue weighted by atomic mass is 10.1. The van der Waals surface area contributed by atoms with Gasteiger partial charge in [-0.1, -0.05) is 6.07 Å². The van der Waals surface area contributed by atoms with E-state index in [2.05, 4.69) is 15.6 Å². The molecule has 0 unspecified atom stereocenters. The van der Waals surface area contributed by atoms with Crippen LogP contribution in [0, 0.1) is 5.92 Å². The molecule has 2 aliphatic heterocycles. The first-order valence-corrected chi connectivity index (χ1v) is 8.38. The van der Waals surface area contributed by atoms with Crippen molar-refractivity contribution >= 4 is 5.91 Å². The summed E-state index contributed by atoms with van der Waals surface area (Å²) in [5.74, 6) is 0.730. The molecule has 4 heterocycles. The number of hydrogen-bond donors (Lipinski definition) is 0. The van der Waals surface area contributed by atoms with E-state index in [4.69, 9.17) is 9.47 Å². The van der Waals surface area contributed by atoms with Crippen molar-refractivity contribution in [3.05, 3.63) is 48.4 Å². The molecule has 2 atom stereocenters. The van der Waals surface area contributed by atoms with E-state index in [-0.39, 0.29) is 17.9 Å². The molecule has 0 N–H and O–H groups in total. The van der Waals surface area contributed by atoms with Crippen LogP contribution in [0.3, 0.4) is 0 Å². The summed E-state index contributed by atoms with van der Waals surface area (Å²) in [4.78, 5) is 19.0. The Morgan fingerprint density at radius 2 is 2.21 bits per heavy atom. The molecular formula is C18H21N3O3. The molecule has 6 heteroatoms. The number of aromatic nitrogens is 2. The first-order chi connectivity index (χ1) is 11.8. The minimum absolute atomic E-state index is 0.0259. The molecule has 1 amide bonds. The van der Waals surface area contributed by atoms with Crippen molar-refractivity contribution in [2.45, 2.75) is 25.6 Å². The zero-order chi connectivity index (χ0) is 16.4. The molecule has 1 fully saturated rings. The van der Waals surface area contributed by atoms with E-state index < -0.39 is 0 Å². The van der Waals surface area contributed by atoms with Crippen LogP contribution in [0.2, 0.25) is 0 Å². The van der Waals surface area contributed by atoms with Crippen LogP contribution >= 0.6 is 0 Å². The molecule has 0 aromatic carbocycles. The summed E-state index contributed by atoms with van der Waals surface area (Å²) in [6.07, 6.45) is 4.44. The second-order valence-corrected chi connectivity index (χ2v) is 6.34. The number of amides is 1. The van der Waals surface area contributed by atoms with E-state index in [9.17, 15) is 4.79 Å². The fourth-order valence-corrected chi connectivity index (χ4v) is 3.37. The molecule has 126 valence electrons. The average molecular weight is 327 g/mol. The molecule has 2 aromatic heterocycles. The number of pyridine rings is 1. The number of carbonyl (C=O) groups excluding carboxylic acids is 1. The van der Waals surface area contributed by atoms with Gasteiger partial charge >= 0.3 is 0 Å². The van der Waals surface area contributed by atoms with Gasteiger partial charge in [-0.25, -0.2) is 4.98 Å². The van der Waals surface area contributed by atoms with Gasteiger partial charge in [0.2, 0.25) is 11.8 Å². The summed E-state index contributed by atoms with van der Waals surface area (Å²) < 4.78 is 13.6. The van der Waals surface area contributed by atoms with Gasteiger partial charge in [0.1, 0.15) is 6.10 Å². The second kappa shape index (κ2) is 6.65. The summed E-state index contributed by atoms with van der Waals surface area (Å²) in [7, 11) is 0. The highest BCUT2D eigenvalue weighted by atomic mass is 16.5. The first kappa shape index (κ1) is 15.2. The van der Waals surface area contributed by atoms with Crippen molar-refractivity contribution in [1.29, 1.82) is 0 Å². The standard InChI is InChI=1S/C18H21N3O3/c22-18(14-6-9-23-13-14)21-10-15-4-3-8-20(15)11-16(12-21)24-17-5-1-2-7-19-17/h1-5,7-8,14,16H,6,9-13H2/t14-,16-/m0/s1. The molecule has 6 nitrogen and oxygen atoms in total. The second-order valence-electron chi connectivity index (χ2n) is 6.34. The maximum Gasteiger partial charge on any atom is 0.228 e. The van der Waals surface area contributed by atoms with Gasteiger partial charge in [-0.05, 0) is 24.6 Å². The van der Waals surface area contributed by atoms with Gasteiger partial charge < -0.3 is 18.9 Å². The lowest BCUT2D eigenvalue weighted by molar-refractivity contribution is -0.137. The third-order valence-corrected chi connectivity index (χ3v) is 4.62. The summed E-state index contributed by atoms with van der Waals surface area (Å²) in [5.41, 5.74) is 1.13. The molecule has 0 aliphatic carbocycles. The van der Waals surface area contributed by atoms with Crippen LogP contribution in [0.25, 0.3) is 0 Å². The Morgan fingerprint density at radius 3 is 3.00 bits per heavy atom. The van der Waals surface area contributed by atoms with Crippen LogP contribution in [-0.4, -0.2) is 46.2 Å².